The third kappa shape index (κ3) is 2.58. The number of aryl methyl sites for hydroxylation is 1. The molecule has 0 spiro atoms. The second-order valence-electron chi connectivity index (χ2n) is 5.55. The van der Waals surface area contributed by atoms with Gasteiger partial charge in [0.2, 0.25) is 0 Å². The molecule has 18 heavy (non-hydrogen) atoms. The molecule has 1 amide bonds. The summed E-state index contributed by atoms with van der Waals surface area (Å²) < 4.78 is 0. The lowest BCUT2D eigenvalue weighted by Gasteiger charge is -2.22. The highest BCUT2D eigenvalue weighted by Gasteiger charge is 2.29. The molecule has 0 unspecified atom stereocenters. The molecular weight excluding hydrogens is 244 g/mol. The van der Waals surface area contributed by atoms with Crippen molar-refractivity contribution in [2.75, 3.05) is 0 Å². The standard InChI is InChI=1S/C14H20N2OS/c1-9-12(18-14(15-9)10-7-8-10)13(17)16-11-5-3-2-4-6-11/h10-11H,2-8H2,1H3,(H,16,17). The molecule has 2 saturated carbocycles. The first-order chi connectivity index (χ1) is 8.74. The van der Waals surface area contributed by atoms with Gasteiger partial charge in [0.05, 0.1) is 10.7 Å². The fourth-order valence-corrected chi connectivity index (χ4v) is 3.77. The van der Waals surface area contributed by atoms with Crippen molar-refractivity contribution < 1.29 is 4.79 Å². The Morgan fingerprint density at radius 3 is 2.61 bits per heavy atom. The van der Waals surface area contributed by atoms with Crippen molar-refractivity contribution in [1.29, 1.82) is 0 Å². The largest absolute Gasteiger partial charge is 0.349 e. The van der Waals surface area contributed by atoms with E-state index >= 15 is 0 Å². The smallest absolute Gasteiger partial charge is 0.263 e. The number of hydrogen-bond donors (Lipinski definition) is 1. The van der Waals surface area contributed by atoms with E-state index in [2.05, 4.69) is 10.3 Å². The molecule has 0 bridgehead atoms. The average molecular weight is 264 g/mol. The number of nitrogens with zero attached hydrogens (tertiary/aromatic N) is 1. The zero-order valence-electron chi connectivity index (χ0n) is 10.9. The first-order valence-electron chi connectivity index (χ1n) is 7.02. The SMILES string of the molecule is Cc1nc(C2CC2)sc1C(=O)NC1CCCCC1. The molecule has 3 rings (SSSR count). The first kappa shape index (κ1) is 12.2. The third-order valence-electron chi connectivity index (χ3n) is 3.89. The fraction of sp³-hybridized carbons (Fsp3) is 0.714. The Kier molecular flexibility index (Phi) is 3.37. The van der Waals surface area contributed by atoms with Crippen LogP contribution >= 0.6 is 11.3 Å². The minimum absolute atomic E-state index is 0.101. The molecule has 0 atom stereocenters. The van der Waals surface area contributed by atoms with Crippen LogP contribution in [-0.2, 0) is 0 Å². The van der Waals surface area contributed by atoms with Gasteiger partial charge in [-0.05, 0) is 32.6 Å². The fourth-order valence-electron chi connectivity index (χ4n) is 2.63. The van der Waals surface area contributed by atoms with Crippen LogP contribution in [-0.4, -0.2) is 16.9 Å². The lowest BCUT2D eigenvalue weighted by atomic mass is 9.95. The minimum Gasteiger partial charge on any atom is -0.349 e. The number of thiazole rings is 1. The zero-order valence-corrected chi connectivity index (χ0v) is 11.7. The van der Waals surface area contributed by atoms with Crippen LogP contribution in [0.2, 0.25) is 0 Å². The molecule has 1 N–H and O–H groups in total. The summed E-state index contributed by atoms with van der Waals surface area (Å²) in [5.41, 5.74) is 0.912. The van der Waals surface area contributed by atoms with Gasteiger partial charge in [-0.15, -0.1) is 11.3 Å². The Bertz CT molecular complexity index is 445. The maximum atomic E-state index is 12.2. The molecule has 4 heteroatoms. The van der Waals surface area contributed by atoms with Gasteiger partial charge in [-0.2, -0.15) is 0 Å². The van der Waals surface area contributed by atoms with Crippen molar-refractivity contribution >= 4 is 17.2 Å². The molecular formula is C14H20N2OS. The van der Waals surface area contributed by atoms with Crippen molar-refractivity contribution in [1.82, 2.24) is 10.3 Å². The van der Waals surface area contributed by atoms with Gasteiger partial charge in [-0.1, -0.05) is 19.3 Å². The van der Waals surface area contributed by atoms with E-state index in [9.17, 15) is 4.79 Å². The van der Waals surface area contributed by atoms with Crippen molar-refractivity contribution in [3.05, 3.63) is 15.6 Å². The summed E-state index contributed by atoms with van der Waals surface area (Å²) in [5, 5.41) is 4.35. The van der Waals surface area contributed by atoms with Crippen LogP contribution in [0.3, 0.4) is 0 Å². The van der Waals surface area contributed by atoms with Gasteiger partial charge in [-0.3, -0.25) is 4.79 Å². The van der Waals surface area contributed by atoms with E-state index in [1.54, 1.807) is 11.3 Å². The van der Waals surface area contributed by atoms with Crippen LogP contribution in [0, 0.1) is 6.92 Å². The molecule has 3 nitrogen and oxygen atoms in total. The monoisotopic (exact) mass is 264 g/mol. The van der Waals surface area contributed by atoms with Crippen molar-refractivity contribution in [2.24, 2.45) is 0 Å². The van der Waals surface area contributed by atoms with Gasteiger partial charge < -0.3 is 5.32 Å². The molecule has 98 valence electrons. The maximum Gasteiger partial charge on any atom is 0.263 e. The number of amides is 1. The molecule has 1 aromatic rings. The predicted octanol–water partition coefficient (Wildman–Crippen LogP) is 3.39. The van der Waals surface area contributed by atoms with Crippen molar-refractivity contribution in [3.8, 4) is 0 Å². The molecule has 1 heterocycles. The van der Waals surface area contributed by atoms with Crippen LogP contribution in [0.25, 0.3) is 0 Å². The molecule has 1 aromatic heterocycles. The Morgan fingerprint density at radius 1 is 1.22 bits per heavy atom. The second kappa shape index (κ2) is 5.00. The van der Waals surface area contributed by atoms with Crippen LogP contribution < -0.4 is 5.32 Å². The van der Waals surface area contributed by atoms with Crippen LogP contribution in [0.4, 0.5) is 0 Å². The molecule has 0 saturated heterocycles. The van der Waals surface area contributed by atoms with Gasteiger partial charge in [0.1, 0.15) is 4.88 Å². The first-order valence-corrected chi connectivity index (χ1v) is 7.84. The topological polar surface area (TPSA) is 42.0 Å². The lowest BCUT2D eigenvalue weighted by Crippen LogP contribution is -2.36. The summed E-state index contributed by atoms with van der Waals surface area (Å²) in [5.74, 6) is 0.744. The molecule has 0 aromatic carbocycles. The second-order valence-corrected chi connectivity index (χ2v) is 6.58. The highest BCUT2D eigenvalue weighted by atomic mass is 32.1. The lowest BCUT2D eigenvalue weighted by molar-refractivity contribution is 0.0931. The van der Waals surface area contributed by atoms with E-state index in [0.717, 1.165) is 23.4 Å². The third-order valence-corrected chi connectivity index (χ3v) is 5.21. The highest BCUT2D eigenvalue weighted by molar-refractivity contribution is 7.13. The summed E-state index contributed by atoms with van der Waals surface area (Å²) in [6.45, 7) is 1.96. The van der Waals surface area contributed by atoms with E-state index in [0.29, 0.717) is 12.0 Å². The average Bonchev–Trinajstić information content (AvgIpc) is 3.14. The number of aromatic nitrogens is 1. The number of carbonyl (C=O) groups is 1. The summed E-state index contributed by atoms with van der Waals surface area (Å²) in [6, 6.07) is 0.386. The number of nitrogens with one attached hydrogen (secondary N) is 1. The van der Waals surface area contributed by atoms with Crippen LogP contribution in [0.15, 0.2) is 0 Å². The molecule has 2 aliphatic carbocycles. The van der Waals surface area contributed by atoms with Gasteiger partial charge >= 0.3 is 0 Å². The Hall–Kier alpha value is -0.900. The minimum atomic E-state index is 0.101. The predicted molar refractivity (Wildman–Crippen MR) is 73.2 cm³/mol. The van der Waals surface area contributed by atoms with E-state index in [4.69, 9.17) is 0 Å². The molecule has 2 aliphatic rings. The van der Waals surface area contributed by atoms with E-state index in [1.807, 2.05) is 6.92 Å². The Balaban J connectivity index is 1.67. The summed E-state index contributed by atoms with van der Waals surface area (Å²) in [7, 11) is 0. The maximum absolute atomic E-state index is 12.2. The summed E-state index contributed by atoms with van der Waals surface area (Å²) in [4.78, 5) is 17.6. The van der Waals surface area contributed by atoms with Gasteiger partial charge in [-0.25, -0.2) is 4.98 Å². The normalized spacial score (nSPS) is 20.9. The molecule has 0 radical (unpaired) electrons. The quantitative estimate of drug-likeness (QED) is 0.909. The number of rotatable bonds is 3. The number of carbonyl (C=O) groups excluding carboxylic acids is 1. The van der Waals surface area contributed by atoms with Crippen molar-refractivity contribution in [2.45, 2.75) is 63.8 Å². The Morgan fingerprint density at radius 2 is 1.94 bits per heavy atom. The van der Waals surface area contributed by atoms with E-state index < -0.39 is 0 Å². The summed E-state index contributed by atoms with van der Waals surface area (Å²) in [6.07, 6.45) is 8.59. The zero-order chi connectivity index (χ0) is 12.5. The van der Waals surface area contributed by atoms with Crippen LogP contribution in [0.5, 0.6) is 0 Å². The molecule has 2 fully saturated rings. The highest BCUT2D eigenvalue weighted by Crippen LogP contribution is 2.42. The van der Waals surface area contributed by atoms with E-state index in [-0.39, 0.29) is 5.91 Å². The van der Waals surface area contributed by atoms with Gasteiger partial charge in [0.25, 0.3) is 5.91 Å². The van der Waals surface area contributed by atoms with Gasteiger partial charge in [0, 0.05) is 12.0 Å². The summed E-state index contributed by atoms with van der Waals surface area (Å²) >= 11 is 1.60. The van der Waals surface area contributed by atoms with Crippen LogP contribution in [0.1, 0.15) is 71.2 Å². The van der Waals surface area contributed by atoms with Gasteiger partial charge in [0.15, 0.2) is 0 Å². The van der Waals surface area contributed by atoms with Crippen molar-refractivity contribution in [3.63, 3.8) is 0 Å². The Labute approximate surface area is 112 Å². The number of hydrogen-bond acceptors (Lipinski definition) is 3. The van der Waals surface area contributed by atoms with E-state index in [1.165, 1.54) is 37.1 Å². The molecule has 0 aliphatic heterocycles.